The van der Waals surface area contributed by atoms with E-state index in [9.17, 15) is 9.90 Å². The first-order valence-corrected chi connectivity index (χ1v) is 9.47. The Morgan fingerprint density at radius 1 is 1.14 bits per heavy atom. The molecule has 8 heteroatoms. The molecule has 6 nitrogen and oxygen atoms in total. The van der Waals surface area contributed by atoms with Crippen molar-refractivity contribution in [3.8, 4) is 11.6 Å². The number of halogens is 1. The molecule has 2 aromatic carbocycles. The van der Waals surface area contributed by atoms with Crippen molar-refractivity contribution in [1.29, 1.82) is 0 Å². The predicted molar refractivity (Wildman–Crippen MR) is 118 cm³/mol. The van der Waals surface area contributed by atoms with Gasteiger partial charge in [-0.25, -0.2) is 0 Å². The molecular formula is C21H15ClN4O2S. The monoisotopic (exact) mass is 422 g/mol. The van der Waals surface area contributed by atoms with Crippen LogP contribution in [0, 0.1) is 11.7 Å². The van der Waals surface area contributed by atoms with Crippen LogP contribution < -0.4 is 5.56 Å². The average molecular weight is 423 g/mol. The molecule has 0 fully saturated rings. The number of hydrogen-bond acceptors (Lipinski definition) is 5. The van der Waals surface area contributed by atoms with Crippen LogP contribution in [0.1, 0.15) is 16.7 Å². The zero-order valence-corrected chi connectivity index (χ0v) is 16.8. The summed E-state index contributed by atoms with van der Waals surface area (Å²) < 4.78 is 1.44. The topological polar surface area (TPSA) is 82.7 Å². The third-order valence-corrected chi connectivity index (χ3v) is 5.00. The summed E-state index contributed by atoms with van der Waals surface area (Å²) in [6.45, 7) is 2.00. The first-order valence-electron chi connectivity index (χ1n) is 8.68. The Balaban J connectivity index is 1.84. The van der Waals surface area contributed by atoms with Gasteiger partial charge >= 0.3 is 0 Å². The summed E-state index contributed by atoms with van der Waals surface area (Å²) in [7, 11) is 0. The van der Waals surface area contributed by atoms with Gasteiger partial charge in [-0.3, -0.25) is 14.3 Å². The zero-order valence-electron chi connectivity index (χ0n) is 15.3. The van der Waals surface area contributed by atoms with Gasteiger partial charge in [0.1, 0.15) is 11.3 Å². The number of rotatable bonds is 3. The van der Waals surface area contributed by atoms with E-state index in [1.165, 1.54) is 4.57 Å². The molecule has 144 valence electrons. The fourth-order valence-electron chi connectivity index (χ4n) is 2.96. The molecule has 1 aromatic heterocycles. The van der Waals surface area contributed by atoms with E-state index in [1.807, 2.05) is 31.2 Å². The van der Waals surface area contributed by atoms with Crippen molar-refractivity contribution in [3.05, 3.63) is 90.9 Å². The number of nitrogens with one attached hydrogen (secondary N) is 1. The number of nitrogens with zero attached hydrogens (tertiary/aromatic N) is 3. The number of aromatic amines is 1. The highest BCUT2D eigenvalue weighted by Crippen LogP contribution is 2.24. The Bertz CT molecular complexity index is 1300. The van der Waals surface area contributed by atoms with Crippen LogP contribution in [0.5, 0.6) is 5.88 Å². The second-order valence-electron chi connectivity index (χ2n) is 6.47. The average Bonchev–Trinajstić information content (AvgIpc) is 3.15. The van der Waals surface area contributed by atoms with Gasteiger partial charge in [-0.2, -0.15) is 5.10 Å². The van der Waals surface area contributed by atoms with Gasteiger partial charge in [0.25, 0.3) is 5.56 Å². The maximum Gasteiger partial charge on any atom is 0.262 e. The third-order valence-electron chi connectivity index (χ3n) is 4.46. The lowest BCUT2D eigenvalue weighted by Crippen LogP contribution is -2.16. The Morgan fingerprint density at radius 2 is 1.83 bits per heavy atom. The van der Waals surface area contributed by atoms with Gasteiger partial charge in [0, 0.05) is 16.2 Å². The van der Waals surface area contributed by atoms with Crippen molar-refractivity contribution >= 4 is 41.8 Å². The lowest BCUT2D eigenvalue weighted by Gasteiger charge is -2.12. The van der Waals surface area contributed by atoms with Crippen LogP contribution in [0.3, 0.4) is 0 Å². The van der Waals surface area contributed by atoms with Crippen molar-refractivity contribution in [2.24, 2.45) is 10.2 Å². The van der Waals surface area contributed by atoms with Gasteiger partial charge < -0.3 is 5.11 Å². The molecule has 0 spiro atoms. The van der Waals surface area contributed by atoms with Crippen molar-refractivity contribution in [2.75, 3.05) is 0 Å². The van der Waals surface area contributed by atoms with Gasteiger partial charge in [0.2, 0.25) is 5.88 Å². The molecule has 0 saturated heterocycles. The second kappa shape index (κ2) is 7.62. The quantitative estimate of drug-likeness (QED) is 0.612. The molecule has 0 radical (unpaired) electrons. The number of aromatic hydroxyl groups is 1. The van der Waals surface area contributed by atoms with Gasteiger partial charge in [-0.1, -0.05) is 41.4 Å². The molecule has 0 unspecified atom stereocenters. The molecule has 2 heterocycles. The Kier molecular flexibility index (Phi) is 5.00. The van der Waals surface area contributed by atoms with Gasteiger partial charge in [-0.15, -0.1) is 5.10 Å². The van der Waals surface area contributed by atoms with Gasteiger partial charge in [0.15, 0.2) is 4.77 Å². The maximum absolute atomic E-state index is 12.5. The first-order chi connectivity index (χ1) is 13.9. The highest BCUT2D eigenvalue weighted by molar-refractivity contribution is 7.71. The highest BCUT2D eigenvalue weighted by Gasteiger charge is 2.17. The summed E-state index contributed by atoms with van der Waals surface area (Å²) in [5.74, 6) is -0.280. The summed E-state index contributed by atoms with van der Waals surface area (Å²) in [6, 6.07) is 14.5. The van der Waals surface area contributed by atoms with E-state index in [4.69, 9.17) is 23.8 Å². The molecule has 0 bridgehead atoms. The summed E-state index contributed by atoms with van der Waals surface area (Å²) >= 11 is 11.2. The van der Waals surface area contributed by atoms with Crippen LogP contribution in [0.2, 0.25) is 5.02 Å². The lowest BCUT2D eigenvalue weighted by atomic mass is 10.0. The number of aromatic nitrogens is 2. The van der Waals surface area contributed by atoms with E-state index in [0.717, 1.165) is 11.1 Å². The number of allylic oxidation sites excluding steroid dienone is 1. The fraction of sp³-hybridized carbons (Fsp3) is 0.0476. The molecule has 0 aliphatic carbocycles. The number of benzene rings is 2. The molecule has 4 rings (SSSR count). The van der Waals surface area contributed by atoms with Crippen molar-refractivity contribution in [2.45, 2.75) is 6.92 Å². The normalized spacial score (nSPS) is 14.4. The Hall–Kier alpha value is -3.29. The molecular weight excluding hydrogens is 408 g/mol. The summed E-state index contributed by atoms with van der Waals surface area (Å²) in [4.78, 5) is 15.1. The van der Waals surface area contributed by atoms with E-state index in [0.29, 0.717) is 22.0 Å². The van der Waals surface area contributed by atoms with E-state index >= 15 is 0 Å². The van der Waals surface area contributed by atoms with E-state index < -0.39 is 5.56 Å². The Labute approximate surface area is 176 Å². The first kappa shape index (κ1) is 19.0. The molecule has 1 aliphatic heterocycles. The summed E-state index contributed by atoms with van der Waals surface area (Å²) in [5, 5.41) is 19.5. The highest BCUT2D eigenvalue weighted by atomic mass is 35.5. The number of H-pyrrole nitrogens is 1. The minimum absolute atomic E-state index is 0.0525. The molecule has 0 atom stereocenters. The van der Waals surface area contributed by atoms with E-state index in [2.05, 4.69) is 15.2 Å². The molecule has 29 heavy (non-hydrogen) atoms. The largest absolute Gasteiger partial charge is 0.494 e. The minimum Gasteiger partial charge on any atom is -0.494 e. The zero-order chi connectivity index (χ0) is 20.5. The second-order valence-corrected chi connectivity index (χ2v) is 7.29. The molecule has 1 aliphatic rings. The third kappa shape index (κ3) is 3.70. The molecule has 0 amide bonds. The van der Waals surface area contributed by atoms with Crippen LogP contribution in [0.15, 0.2) is 69.1 Å². The Morgan fingerprint density at radius 3 is 2.52 bits per heavy atom. The molecule has 2 N–H and O–H groups in total. The van der Waals surface area contributed by atoms with Crippen LogP contribution in [0.25, 0.3) is 11.8 Å². The van der Waals surface area contributed by atoms with E-state index in [1.54, 1.807) is 36.6 Å². The number of aryl methyl sites for hydroxylation is 1. The number of hydrogen-bond donors (Lipinski definition) is 2. The van der Waals surface area contributed by atoms with E-state index in [-0.39, 0.29) is 16.2 Å². The summed E-state index contributed by atoms with van der Waals surface area (Å²) in [6.07, 6.45) is 3.09. The summed E-state index contributed by atoms with van der Waals surface area (Å²) in [5.41, 5.74) is 3.32. The van der Waals surface area contributed by atoms with Crippen molar-refractivity contribution < 1.29 is 5.11 Å². The lowest BCUT2D eigenvalue weighted by molar-refractivity contribution is 0.432. The molecule has 3 aromatic rings. The fourth-order valence-corrected chi connectivity index (χ4v) is 3.37. The maximum atomic E-state index is 12.5. The van der Waals surface area contributed by atoms with Gasteiger partial charge in [0.05, 0.1) is 11.9 Å². The van der Waals surface area contributed by atoms with Crippen LogP contribution in [-0.2, 0) is 0 Å². The molecule has 0 saturated carbocycles. The van der Waals surface area contributed by atoms with Gasteiger partial charge in [-0.05, 0) is 49.5 Å². The predicted octanol–water partition coefficient (Wildman–Crippen LogP) is 4.43. The smallest absolute Gasteiger partial charge is 0.262 e. The van der Waals surface area contributed by atoms with Crippen LogP contribution in [0.4, 0.5) is 0 Å². The van der Waals surface area contributed by atoms with Crippen LogP contribution >= 0.6 is 23.8 Å². The minimum atomic E-state index is -0.506. The standard InChI is InChI=1S/C21H15ClN4O2S/c1-12-2-4-13(5-3-12)18-14(11-23-25-18)10-17-19(27)24-21(29)26(20(17)28)16-8-6-15(22)7-9-16/h2-11,28H,1H3,(H,24,27,29). The van der Waals surface area contributed by atoms with Crippen molar-refractivity contribution in [1.82, 2.24) is 9.55 Å². The van der Waals surface area contributed by atoms with Crippen molar-refractivity contribution in [3.63, 3.8) is 0 Å². The van der Waals surface area contributed by atoms with Crippen LogP contribution in [-0.4, -0.2) is 26.6 Å². The SMILES string of the molecule is Cc1ccc(C2=NN=CC2=Cc2c(O)n(-c3ccc(Cl)cc3)c(=S)[nH]c2=O)cc1.